The Balaban J connectivity index is 2.70. The molecule has 0 aliphatic carbocycles. The van der Waals surface area contributed by atoms with Crippen molar-refractivity contribution in [2.24, 2.45) is 5.92 Å². The van der Waals surface area contributed by atoms with Crippen molar-refractivity contribution in [3.63, 3.8) is 0 Å². The van der Waals surface area contributed by atoms with Crippen molar-refractivity contribution >= 4 is 17.7 Å². The van der Waals surface area contributed by atoms with Gasteiger partial charge < -0.3 is 10.1 Å². The Hall–Kier alpha value is -1.04. The Morgan fingerprint density at radius 1 is 1.28 bits per heavy atom. The molecule has 1 unspecified atom stereocenters. The minimum atomic E-state index is 0.371. The van der Waals surface area contributed by atoms with E-state index in [0.717, 1.165) is 30.3 Å². The Bertz CT molecular complexity index is 362. The SMILES string of the molecule is CCCNc1nc(OC)nc(SCC(C)CC)n1. The minimum Gasteiger partial charge on any atom is -0.467 e. The zero-order valence-electron chi connectivity index (χ0n) is 11.6. The van der Waals surface area contributed by atoms with Crippen LogP contribution < -0.4 is 10.1 Å². The standard InChI is InChI=1S/C12H22N4OS/c1-5-7-13-10-14-11(17-4)16-12(15-10)18-8-9(3)6-2/h9H,5-8H2,1-4H3,(H,13,14,15,16). The maximum atomic E-state index is 5.09. The lowest BCUT2D eigenvalue weighted by Gasteiger charge is -2.09. The quantitative estimate of drug-likeness (QED) is 0.733. The van der Waals surface area contributed by atoms with Crippen LogP contribution in [0, 0.1) is 5.92 Å². The molecule has 0 aromatic carbocycles. The number of methoxy groups -OCH3 is 1. The highest BCUT2D eigenvalue weighted by atomic mass is 32.2. The van der Waals surface area contributed by atoms with Crippen LogP contribution in [-0.2, 0) is 0 Å². The normalized spacial score (nSPS) is 12.2. The Labute approximate surface area is 113 Å². The average Bonchev–Trinajstić information content (AvgIpc) is 2.42. The molecule has 6 heteroatoms. The summed E-state index contributed by atoms with van der Waals surface area (Å²) in [6.07, 6.45) is 2.19. The van der Waals surface area contributed by atoms with Gasteiger partial charge in [-0.1, -0.05) is 39.0 Å². The molecule has 1 aromatic rings. The van der Waals surface area contributed by atoms with Crippen LogP contribution in [0.25, 0.3) is 0 Å². The minimum absolute atomic E-state index is 0.371. The van der Waals surface area contributed by atoms with Crippen molar-refractivity contribution in [2.45, 2.75) is 38.8 Å². The number of hydrogen-bond acceptors (Lipinski definition) is 6. The van der Waals surface area contributed by atoms with Gasteiger partial charge in [-0.05, 0) is 12.3 Å². The molecule has 0 aliphatic rings. The average molecular weight is 270 g/mol. The number of nitrogens with one attached hydrogen (secondary N) is 1. The van der Waals surface area contributed by atoms with Crippen molar-refractivity contribution in [1.82, 2.24) is 15.0 Å². The molecule has 5 nitrogen and oxygen atoms in total. The zero-order valence-corrected chi connectivity index (χ0v) is 12.4. The third-order valence-corrected chi connectivity index (χ3v) is 3.68. The van der Waals surface area contributed by atoms with Gasteiger partial charge in [0.05, 0.1) is 7.11 Å². The summed E-state index contributed by atoms with van der Waals surface area (Å²) < 4.78 is 5.09. The van der Waals surface area contributed by atoms with E-state index in [4.69, 9.17) is 4.74 Å². The highest BCUT2D eigenvalue weighted by Gasteiger charge is 2.08. The summed E-state index contributed by atoms with van der Waals surface area (Å²) in [5.41, 5.74) is 0. The lowest BCUT2D eigenvalue weighted by atomic mass is 10.2. The molecule has 0 fully saturated rings. The summed E-state index contributed by atoms with van der Waals surface area (Å²) in [5, 5.41) is 3.88. The first-order valence-electron chi connectivity index (χ1n) is 6.36. The molecule has 1 N–H and O–H groups in total. The number of rotatable bonds is 8. The molecule has 1 heterocycles. The predicted molar refractivity (Wildman–Crippen MR) is 75.3 cm³/mol. The largest absolute Gasteiger partial charge is 0.467 e. The molecule has 1 atom stereocenters. The summed E-state index contributed by atoms with van der Waals surface area (Å²) in [4.78, 5) is 12.8. The number of hydrogen-bond donors (Lipinski definition) is 1. The maximum Gasteiger partial charge on any atom is 0.321 e. The molecular formula is C12H22N4OS. The van der Waals surface area contributed by atoms with Crippen LogP contribution in [0.5, 0.6) is 6.01 Å². The highest BCUT2D eigenvalue weighted by molar-refractivity contribution is 7.99. The Morgan fingerprint density at radius 2 is 2.06 bits per heavy atom. The van der Waals surface area contributed by atoms with Crippen LogP contribution >= 0.6 is 11.8 Å². The van der Waals surface area contributed by atoms with Gasteiger partial charge in [-0.25, -0.2) is 0 Å². The lowest BCUT2D eigenvalue weighted by Crippen LogP contribution is -2.08. The van der Waals surface area contributed by atoms with Gasteiger partial charge in [0.25, 0.3) is 0 Å². The summed E-state index contributed by atoms with van der Waals surface area (Å²) in [6, 6.07) is 0.371. The highest BCUT2D eigenvalue weighted by Crippen LogP contribution is 2.21. The molecule has 0 radical (unpaired) electrons. The summed E-state index contributed by atoms with van der Waals surface area (Å²) >= 11 is 1.65. The van der Waals surface area contributed by atoms with Crippen LogP contribution in [-0.4, -0.2) is 34.4 Å². The van der Waals surface area contributed by atoms with Crippen molar-refractivity contribution in [1.29, 1.82) is 0 Å². The molecule has 0 saturated heterocycles. The van der Waals surface area contributed by atoms with Gasteiger partial charge in [-0.15, -0.1) is 0 Å². The first-order valence-corrected chi connectivity index (χ1v) is 7.34. The van der Waals surface area contributed by atoms with Gasteiger partial charge in [0, 0.05) is 12.3 Å². The number of nitrogens with zero attached hydrogens (tertiary/aromatic N) is 3. The first-order chi connectivity index (χ1) is 8.69. The number of ether oxygens (including phenoxy) is 1. The summed E-state index contributed by atoms with van der Waals surface area (Å²) in [7, 11) is 1.57. The fourth-order valence-electron chi connectivity index (χ4n) is 1.14. The maximum absolute atomic E-state index is 5.09. The van der Waals surface area contributed by atoms with Gasteiger partial charge in [-0.3, -0.25) is 0 Å². The molecular weight excluding hydrogens is 248 g/mol. The van der Waals surface area contributed by atoms with Crippen molar-refractivity contribution in [3.8, 4) is 6.01 Å². The Kier molecular flexibility index (Phi) is 6.78. The molecule has 0 saturated carbocycles. The smallest absolute Gasteiger partial charge is 0.321 e. The predicted octanol–water partition coefficient (Wildman–Crippen LogP) is 2.84. The fourth-order valence-corrected chi connectivity index (χ4v) is 2.11. The van der Waals surface area contributed by atoms with E-state index in [0.29, 0.717) is 17.9 Å². The molecule has 18 heavy (non-hydrogen) atoms. The molecule has 102 valence electrons. The lowest BCUT2D eigenvalue weighted by molar-refractivity contribution is 0.373. The van der Waals surface area contributed by atoms with Gasteiger partial charge in [0.2, 0.25) is 5.95 Å². The monoisotopic (exact) mass is 270 g/mol. The summed E-state index contributed by atoms with van der Waals surface area (Å²) in [6.45, 7) is 7.36. The number of aromatic nitrogens is 3. The van der Waals surface area contributed by atoms with Crippen LogP contribution in [0.2, 0.25) is 0 Å². The number of thioether (sulfide) groups is 1. The van der Waals surface area contributed by atoms with Crippen molar-refractivity contribution in [3.05, 3.63) is 0 Å². The molecule has 1 aromatic heterocycles. The second-order valence-electron chi connectivity index (χ2n) is 4.18. The van der Waals surface area contributed by atoms with Crippen LogP contribution in [0.3, 0.4) is 0 Å². The zero-order chi connectivity index (χ0) is 13.4. The van der Waals surface area contributed by atoms with Crippen molar-refractivity contribution < 1.29 is 4.74 Å². The topological polar surface area (TPSA) is 59.9 Å². The van der Waals surface area contributed by atoms with E-state index in [2.05, 4.69) is 41.0 Å². The molecule has 0 amide bonds. The Morgan fingerprint density at radius 3 is 2.67 bits per heavy atom. The fraction of sp³-hybridized carbons (Fsp3) is 0.750. The van der Waals surface area contributed by atoms with Crippen LogP contribution in [0.1, 0.15) is 33.6 Å². The van der Waals surface area contributed by atoms with E-state index in [9.17, 15) is 0 Å². The number of anilines is 1. The van der Waals surface area contributed by atoms with Crippen LogP contribution in [0.15, 0.2) is 5.16 Å². The second kappa shape index (κ2) is 8.13. The van der Waals surface area contributed by atoms with Gasteiger partial charge in [-0.2, -0.15) is 15.0 Å². The van der Waals surface area contributed by atoms with E-state index in [1.165, 1.54) is 0 Å². The van der Waals surface area contributed by atoms with Gasteiger partial charge >= 0.3 is 6.01 Å². The molecule has 0 aliphatic heterocycles. The van der Waals surface area contributed by atoms with E-state index in [1.807, 2.05) is 0 Å². The first kappa shape index (κ1) is 15.0. The van der Waals surface area contributed by atoms with Gasteiger partial charge in [0.15, 0.2) is 5.16 Å². The summed E-state index contributed by atoms with van der Waals surface area (Å²) in [5.74, 6) is 2.26. The van der Waals surface area contributed by atoms with Gasteiger partial charge in [0.1, 0.15) is 0 Å². The molecule has 0 bridgehead atoms. The second-order valence-corrected chi connectivity index (χ2v) is 5.17. The molecule has 0 spiro atoms. The van der Waals surface area contributed by atoms with E-state index >= 15 is 0 Å². The molecule has 1 rings (SSSR count). The van der Waals surface area contributed by atoms with E-state index < -0.39 is 0 Å². The van der Waals surface area contributed by atoms with Crippen LogP contribution in [0.4, 0.5) is 5.95 Å². The third-order valence-electron chi connectivity index (χ3n) is 2.50. The third kappa shape index (κ3) is 5.08. The van der Waals surface area contributed by atoms with Crippen molar-refractivity contribution in [2.75, 3.05) is 24.7 Å². The van der Waals surface area contributed by atoms with E-state index in [1.54, 1.807) is 18.9 Å². The van der Waals surface area contributed by atoms with E-state index in [-0.39, 0.29) is 0 Å².